The predicted octanol–water partition coefficient (Wildman–Crippen LogP) is 5.45. The van der Waals surface area contributed by atoms with Crippen LogP contribution in [0.2, 0.25) is 0 Å². The number of hydrogen-bond donors (Lipinski definition) is 1. The van der Waals surface area contributed by atoms with Crippen LogP contribution in [0.1, 0.15) is 29.6 Å². The lowest BCUT2D eigenvalue weighted by Crippen LogP contribution is -2.35. The second kappa shape index (κ2) is 11.9. The number of amides is 1. The number of thiazole rings is 1. The first-order valence-corrected chi connectivity index (χ1v) is 14.9. The number of aromatic nitrogens is 1. The Hall–Kier alpha value is -3.86. The summed E-state index contributed by atoms with van der Waals surface area (Å²) in [5.74, 6) is -1.32. The largest absolute Gasteiger partial charge is 0.452 e. The van der Waals surface area contributed by atoms with E-state index in [1.165, 1.54) is 39.9 Å². The summed E-state index contributed by atoms with van der Waals surface area (Å²) < 4.78 is 32.4. The van der Waals surface area contributed by atoms with Crippen molar-refractivity contribution in [2.45, 2.75) is 24.2 Å². The highest BCUT2D eigenvalue weighted by molar-refractivity contribution is 7.89. The molecule has 0 aliphatic carbocycles. The second-order valence-corrected chi connectivity index (χ2v) is 11.9. The molecule has 1 aliphatic heterocycles. The van der Waals surface area contributed by atoms with E-state index in [-0.39, 0.29) is 10.5 Å². The highest BCUT2D eigenvalue weighted by atomic mass is 32.2. The molecule has 39 heavy (non-hydrogen) atoms. The first-order chi connectivity index (χ1) is 18.9. The van der Waals surface area contributed by atoms with Gasteiger partial charge in [-0.2, -0.15) is 4.31 Å². The van der Waals surface area contributed by atoms with Crippen LogP contribution in [0.5, 0.6) is 0 Å². The van der Waals surface area contributed by atoms with E-state index >= 15 is 0 Å². The number of nitrogens with zero attached hydrogens (tertiary/aromatic N) is 2. The molecule has 200 valence electrons. The quantitative estimate of drug-likeness (QED) is 0.287. The molecular formula is C29H27N3O5S2. The van der Waals surface area contributed by atoms with Gasteiger partial charge in [0.05, 0.1) is 16.2 Å². The molecule has 10 heteroatoms. The molecule has 0 atom stereocenters. The zero-order chi connectivity index (χ0) is 27.2. The van der Waals surface area contributed by atoms with Gasteiger partial charge < -0.3 is 4.74 Å². The van der Waals surface area contributed by atoms with Crippen LogP contribution in [-0.2, 0) is 19.6 Å². The van der Waals surface area contributed by atoms with Crippen LogP contribution in [0.15, 0.2) is 89.1 Å². The van der Waals surface area contributed by atoms with Crippen molar-refractivity contribution < 1.29 is 22.7 Å². The third kappa shape index (κ3) is 6.42. The van der Waals surface area contributed by atoms with Crippen molar-refractivity contribution in [3.8, 4) is 22.4 Å². The summed E-state index contributed by atoms with van der Waals surface area (Å²) in [6.45, 7) is 0.409. The van der Waals surface area contributed by atoms with Crippen LogP contribution in [0.4, 0.5) is 5.13 Å². The van der Waals surface area contributed by atoms with E-state index in [0.717, 1.165) is 41.6 Å². The SMILES string of the molecule is O=C(COC(=O)c1cccc(S(=O)(=O)N2CCCCC2)c1)Nc1nc(-c2ccc(-c3ccccc3)cc2)cs1. The molecule has 3 aromatic carbocycles. The number of anilines is 1. The number of ether oxygens (including phenoxy) is 1. The molecule has 0 spiro atoms. The van der Waals surface area contributed by atoms with Crippen molar-refractivity contribution in [2.75, 3.05) is 25.0 Å². The van der Waals surface area contributed by atoms with Gasteiger partial charge in [-0.05, 0) is 42.2 Å². The van der Waals surface area contributed by atoms with E-state index in [4.69, 9.17) is 4.74 Å². The van der Waals surface area contributed by atoms with Gasteiger partial charge in [-0.25, -0.2) is 18.2 Å². The number of esters is 1. The molecule has 1 fully saturated rings. The van der Waals surface area contributed by atoms with Crippen LogP contribution in [0, 0.1) is 0 Å². The zero-order valence-corrected chi connectivity index (χ0v) is 22.7. The minimum absolute atomic E-state index is 0.0374. The molecule has 8 nitrogen and oxygen atoms in total. The Balaban J connectivity index is 1.16. The summed E-state index contributed by atoms with van der Waals surface area (Å²) in [4.78, 5) is 29.5. The van der Waals surface area contributed by atoms with E-state index in [0.29, 0.717) is 18.2 Å². The van der Waals surface area contributed by atoms with E-state index in [9.17, 15) is 18.0 Å². The second-order valence-electron chi connectivity index (χ2n) is 9.10. The van der Waals surface area contributed by atoms with Crippen molar-refractivity contribution in [1.29, 1.82) is 0 Å². The summed E-state index contributed by atoms with van der Waals surface area (Å²) in [6, 6.07) is 23.8. The number of nitrogens with one attached hydrogen (secondary N) is 1. The van der Waals surface area contributed by atoms with E-state index < -0.39 is 28.5 Å². The Labute approximate surface area is 231 Å². The molecule has 0 unspecified atom stereocenters. The fourth-order valence-corrected chi connectivity index (χ4v) is 6.63. The normalized spacial score (nSPS) is 14.1. The van der Waals surface area contributed by atoms with Gasteiger partial charge in [0, 0.05) is 24.0 Å². The number of piperidine rings is 1. The summed E-state index contributed by atoms with van der Waals surface area (Å²) in [7, 11) is -3.69. The summed E-state index contributed by atoms with van der Waals surface area (Å²) in [6.07, 6.45) is 2.64. The van der Waals surface area contributed by atoms with E-state index in [1.807, 2.05) is 60.0 Å². The van der Waals surface area contributed by atoms with Crippen molar-refractivity contribution in [3.05, 3.63) is 89.8 Å². The average molecular weight is 562 g/mol. The van der Waals surface area contributed by atoms with Crippen molar-refractivity contribution in [1.82, 2.24) is 9.29 Å². The van der Waals surface area contributed by atoms with Crippen LogP contribution < -0.4 is 5.32 Å². The van der Waals surface area contributed by atoms with Gasteiger partial charge in [-0.1, -0.05) is 67.1 Å². The fourth-order valence-electron chi connectivity index (χ4n) is 4.34. The Kier molecular flexibility index (Phi) is 8.16. The number of hydrogen-bond acceptors (Lipinski definition) is 7. The molecule has 5 rings (SSSR count). The minimum Gasteiger partial charge on any atom is -0.452 e. The Morgan fingerprint density at radius 1 is 0.872 bits per heavy atom. The molecule has 2 heterocycles. The van der Waals surface area contributed by atoms with Gasteiger partial charge in [0.1, 0.15) is 0 Å². The minimum atomic E-state index is -3.69. The first kappa shape index (κ1) is 26.7. The highest BCUT2D eigenvalue weighted by Gasteiger charge is 2.26. The standard InChI is InChI=1S/C29H27N3O5S2/c33-27(19-37-28(34)24-10-7-11-25(18-24)39(35,36)32-16-5-2-6-17-32)31-29-30-26(20-38-29)23-14-12-22(13-15-23)21-8-3-1-4-9-21/h1,3-4,7-15,18,20H,2,5-6,16-17,19H2,(H,30,31,33). The van der Waals surface area contributed by atoms with E-state index in [1.54, 1.807) is 0 Å². The lowest BCUT2D eigenvalue weighted by atomic mass is 10.0. The first-order valence-electron chi connectivity index (χ1n) is 12.6. The predicted molar refractivity (Wildman–Crippen MR) is 151 cm³/mol. The molecule has 4 aromatic rings. The Morgan fingerprint density at radius 3 is 2.31 bits per heavy atom. The van der Waals surface area contributed by atoms with Crippen LogP contribution in [0.25, 0.3) is 22.4 Å². The smallest absolute Gasteiger partial charge is 0.338 e. The highest BCUT2D eigenvalue weighted by Crippen LogP contribution is 2.28. The van der Waals surface area contributed by atoms with Gasteiger partial charge in [0.25, 0.3) is 5.91 Å². The lowest BCUT2D eigenvalue weighted by molar-refractivity contribution is -0.119. The maximum absolute atomic E-state index is 12.9. The molecule has 1 amide bonds. The number of carbonyl (C=O) groups is 2. The maximum atomic E-state index is 12.9. The molecule has 1 N–H and O–H groups in total. The number of benzene rings is 3. The lowest BCUT2D eigenvalue weighted by Gasteiger charge is -2.25. The van der Waals surface area contributed by atoms with Crippen LogP contribution >= 0.6 is 11.3 Å². The number of carbonyl (C=O) groups excluding carboxylic acids is 2. The van der Waals surface area contributed by atoms with Crippen molar-refractivity contribution in [3.63, 3.8) is 0 Å². The summed E-state index contributed by atoms with van der Waals surface area (Å²) in [5, 5.41) is 4.87. The Morgan fingerprint density at radius 2 is 1.56 bits per heavy atom. The Bertz CT molecular complexity index is 1560. The number of sulfonamides is 1. The summed E-state index contributed by atoms with van der Waals surface area (Å²) in [5.41, 5.74) is 3.92. The van der Waals surface area contributed by atoms with Crippen molar-refractivity contribution >= 4 is 38.4 Å². The topological polar surface area (TPSA) is 106 Å². The van der Waals surface area contributed by atoms with Crippen LogP contribution in [-0.4, -0.2) is 49.3 Å². The molecule has 1 aromatic heterocycles. The molecule has 0 saturated carbocycles. The van der Waals surface area contributed by atoms with Gasteiger partial charge >= 0.3 is 5.97 Å². The van der Waals surface area contributed by atoms with E-state index in [2.05, 4.69) is 10.3 Å². The maximum Gasteiger partial charge on any atom is 0.338 e. The summed E-state index contributed by atoms with van der Waals surface area (Å²) >= 11 is 1.27. The molecule has 0 radical (unpaired) electrons. The monoisotopic (exact) mass is 561 g/mol. The number of rotatable bonds is 8. The third-order valence-corrected chi connectivity index (χ3v) is 9.05. The molecule has 1 aliphatic rings. The molecular weight excluding hydrogens is 534 g/mol. The van der Waals surface area contributed by atoms with Crippen molar-refractivity contribution in [2.24, 2.45) is 0 Å². The van der Waals surface area contributed by atoms with Gasteiger partial charge in [0.2, 0.25) is 10.0 Å². The molecule has 1 saturated heterocycles. The molecule has 0 bridgehead atoms. The zero-order valence-electron chi connectivity index (χ0n) is 21.1. The third-order valence-electron chi connectivity index (χ3n) is 6.40. The fraction of sp³-hybridized carbons (Fsp3) is 0.207. The van der Waals surface area contributed by atoms with Crippen LogP contribution in [0.3, 0.4) is 0 Å². The van der Waals surface area contributed by atoms with Gasteiger partial charge in [-0.15, -0.1) is 11.3 Å². The average Bonchev–Trinajstić information content (AvgIpc) is 3.45. The van der Waals surface area contributed by atoms with Gasteiger partial charge in [-0.3, -0.25) is 10.1 Å². The van der Waals surface area contributed by atoms with Gasteiger partial charge in [0.15, 0.2) is 11.7 Å².